The molecule has 1 amide bonds. The van der Waals surface area contributed by atoms with Crippen LogP contribution in [0, 0.1) is 10.8 Å². The van der Waals surface area contributed by atoms with Crippen LogP contribution in [-0.4, -0.2) is 49.2 Å². The largest absolute Gasteiger partial charge is 0.481 e. The molecular weight excluding hydrogens is 556 g/mol. The van der Waals surface area contributed by atoms with E-state index in [4.69, 9.17) is 23.2 Å². The monoisotopic (exact) mass is 584 g/mol. The highest BCUT2D eigenvalue weighted by atomic mass is 35.5. The second-order valence-corrected chi connectivity index (χ2v) is 12.2. The first-order valence-corrected chi connectivity index (χ1v) is 13.7. The highest BCUT2D eigenvalue weighted by Crippen LogP contribution is 2.48. The Balaban J connectivity index is 1.47. The molecule has 1 unspecified atom stereocenters. The molecule has 0 bridgehead atoms. The summed E-state index contributed by atoms with van der Waals surface area (Å²) in [5.74, 6) is -1.69. The van der Waals surface area contributed by atoms with E-state index in [1.807, 2.05) is 12.2 Å². The molecular formula is C27H29Cl2F3N4O3. The fourth-order valence-electron chi connectivity index (χ4n) is 6.43. The number of aliphatic carboxylic acids is 1. The van der Waals surface area contributed by atoms with Gasteiger partial charge in [0.25, 0.3) is 5.91 Å². The number of alkyl halides is 3. The SMILES string of the molecule is CC1(C(=O)O)CCC(n2ncc(C(=O)N3CC4(CC=CC4)CC3Cc3c(Cl)cncc3Cl)c2C(F)(F)F)CC1. The van der Waals surface area contributed by atoms with Crippen LogP contribution in [0.2, 0.25) is 10.0 Å². The van der Waals surface area contributed by atoms with Gasteiger partial charge in [0.05, 0.1) is 33.3 Å². The minimum Gasteiger partial charge on any atom is -0.481 e. The summed E-state index contributed by atoms with van der Waals surface area (Å²) in [7, 11) is 0. The van der Waals surface area contributed by atoms with E-state index in [9.17, 15) is 27.9 Å². The standard InChI is InChI=1S/C27H29Cl2F3N4O3/c1-25(24(38)39)8-4-16(5-9-25)36-22(27(30,31)32)19(12-34-36)23(37)35-15-26(6-2-3-7-26)11-17(35)10-18-20(28)13-33-14-21(18)29/h2-3,12-14,16-17H,4-11,15H2,1H3,(H,38,39). The normalized spacial score (nSPS) is 26.5. The summed E-state index contributed by atoms with van der Waals surface area (Å²) >= 11 is 12.7. The lowest BCUT2D eigenvalue weighted by Crippen LogP contribution is -2.39. The molecule has 2 fully saturated rings. The van der Waals surface area contributed by atoms with E-state index in [0.29, 0.717) is 35.0 Å². The third-order valence-corrected chi connectivity index (χ3v) is 9.40. The zero-order chi connectivity index (χ0) is 28.2. The Labute approximate surface area is 234 Å². The summed E-state index contributed by atoms with van der Waals surface area (Å²) in [6.07, 6.45) is 6.47. The Bertz CT molecular complexity index is 1290. The number of hydrogen-bond acceptors (Lipinski definition) is 4. The number of carbonyl (C=O) groups is 2. The van der Waals surface area contributed by atoms with Crippen molar-refractivity contribution in [1.82, 2.24) is 19.7 Å². The van der Waals surface area contributed by atoms with Crippen LogP contribution in [0.4, 0.5) is 13.2 Å². The summed E-state index contributed by atoms with van der Waals surface area (Å²) in [5, 5.41) is 14.3. The third kappa shape index (κ3) is 5.17. The predicted octanol–water partition coefficient (Wildman–Crippen LogP) is 6.60. The molecule has 5 rings (SSSR count). The van der Waals surface area contributed by atoms with Gasteiger partial charge >= 0.3 is 12.1 Å². The maximum absolute atomic E-state index is 14.5. The number of rotatable bonds is 5. The number of carboxylic acids is 1. The van der Waals surface area contributed by atoms with Gasteiger partial charge in [0.1, 0.15) is 0 Å². The number of amides is 1. The minimum atomic E-state index is -4.82. The second kappa shape index (κ2) is 10.1. The molecule has 3 aliphatic rings. The molecule has 1 N–H and O–H groups in total. The van der Waals surface area contributed by atoms with Crippen LogP contribution in [0.15, 0.2) is 30.7 Å². The molecule has 210 valence electrons. The summed E-state index contributed by atoms with van der Waals surface area (Å²) in [6, 6.07) is -1.06. The summed E-state index contributed by atoms with van der Waals surface area (Å²) in [5.41, 5.74) is -2.20. The van der Waals surface area contributed by atoms with Gasteiger partial charge in [-0.15, -0.1) is 0 Å². The molecule has 2 aliphatic carbocycles. The Morgan fingerprint density at radius 2 is 1.72 bits per heavy atom. The van der Waals surface area contributed by atoms with Gasteiger partial charge in [-0.3, -0.25) is 19.3 Å². The van der Waals surface area contributed by atoms with Gasteiger partial charge in [-0.05, 0) is 69.3 Å². The van der Waals surface area contributed by atoms with Crippen molar-refractivity contribution >= 4 is 35.1 Å². The van der Waals surface area contributed by atoms with Crippen molar-refractivity contribution in [2.75, 3.05) is 6.54 Å². The lowest BCUT2D eigenvalue weighted by molar-refractivity contribution is -0.152. The maximum Gasteiger partial charge on any atom is 0.433 e. The fraction of sp³-hybridized carbons (Fsp3) is 0.556. The van der Waals surface area contributed by atoms with Gasteiger partial charge < -0.3 is 10.0 Å². The van der Waals surface area contributed by atoms with E-state index in [2.05, 4.69) is 10.1 Å². The molecule has 1 saturated heterocycles. The van der Waals surface area contributed by atoms with E-state index in [1.165, 1.54) is 17.3 Å². The van der Waals surface area contributed by atoms with Gasteiger partial charge in [0, 0.05) is 25.0 Å². The van der Waals surface area contributed by atoms with Crippen LogP contribution in [0.1, 0.15) is 79.5 Å². The Hall–Kier alpha value is -2.59. The van der Waals surface area contributed by atoms with E-state index < -0.39 is 46.8 Å². The molecule has 2 aromatic rings. The zero-order valence-electron chi connectivity index (χ0n) is 21.3. The number of pyridine rings is 1. The summed E-state index contributed by atoms with van der Waals surface area (Å²) in [6.45, 7) is 1.92. The first-order chi connectivity index (χ1) is 18.3. The van der Waals surface area contributed by atoms with Crippen molar-refractivity contribution in [2.45, 2.75) is 76.6 Å². The Morgan fingerprint density at radius 1 is 1.10 bits per heavy atom. The number of halogens is 5. The minimum absolute atomic E-state index is 0.224. The molecule has 1 aliphatic heterocycles. The van der Waals surface area contributed by atoms with Crippen molar-refractivity contribution < 1.29 is 27.9 Å². The molecule has 1 atom stereocenters. The van der Waals surface area contributed by atoms with Crippen LogP contribution in [0.3, 0.4) is 0 Å². The molecule has 0 aromatic carbocycles. The lowest BCUT2D eigenvalue weighted by Gasteiger charge is -2.34. The first kappa shape index (κ1) is 28.0. The Morgan fingerprint density at radius 3 is 2.28 bits per heavy atom. The van der Waals surface area contributed by atoms with E-state index >= 15 is 0 Å². The van der Waals surface area contributed by atoms with Crippen LogP contribution in [0.25, 0.3) is 0 Å². The number of allylic oxidation sites excluding steroid dienone is 2. The van der Waals surface area contributed by atoms with Gasteiger partial charge in [0.2, 0.25) is 0 Å². The number of aromatic nitrogens is 3. The van der Waals surface area contributed by atoms with Crippen molar-refractivity contribution in [1.29, 1.82) is 0 Å². The van der Waals surface area contributed by atoms with Crippen molar-refractivity contribution in [3.8, 4) is 0 Å². The predicted molar refractivity (Wildman–Crippen MR) is 139 cm³/mol. The van der Waals surface area contributed by atoms with E-state index in [0.717, 1.165) is 23.7 Å². The number of carboxylic acid groups (broad SMARTS) is 1. The van der Waals surface area contributed by atoms with E-state index in [1.54, 1.807) is 6.92 Å². The van der Waals surface area contributed by atoms with Crippen molar-refractivity contribution in [2.24, 2.45) is 10.8 Å². The molecule has 0 radical (unpaired) electrons. The fourth-order valence-corrected chi connectivity index (χ4v) is 6.95. The molecule has 2 aromatic heterocycles. The number of likely N-dealkylation sites (tertiary alicyclic amines) is 1. The third-order valence-electron chi connectivity index (χ3n) is 8.75. The van der Waals surface area contributed by atoms with Gasteiger partial charge in [-0.1, -0.05) is 35.4 Å². The molecule has 1 spiro atoms. The quantitative estimate of drug-likeness (QED) is 0.400. The average molecular weight is 585 g/mol. The molecule has 3 heterocycles. The Kier molecular flexibility index (Phi) is 7.24. The molecule has 39 heavy (non-hydrogen) atoms. The van der Waals surface area contributed by atoms with E-state index in [-0.39, 0.29) is 31.1 Å². The average Bonchev–Trinajstić information content (AvgIpc) is 3.60. The number of carbonyl (C=O) groups excluding carboxylic acids is 1. The maximum atomic E-state index is 14.5. The van der Waals surface area contributed by atoms with Gasteiger partial charge in [-0.2, -0.15) is 18.3 Å². The van der Waals surface area contributed by atoms with Gasteiger partial charge in [-0.25, -0.2) is 0 Å². The van der Waals surface area contributed by atoms with Crippen molar-refractivity contribution in [3.63, 3.8) is 0 Å². The molecule has 12 heteroatoms. The van der Waals surface area contributed by atoms with Crippen LogP contribution in [-0.2, 0) is 17.4 Å². The second-order valence-electron chi connectivity index (χ2n) is 11.4. The molecule has 7 nitrogen and oxygen atoms in total. The smallest absolute Gasteiger partial charge is 0.433 e. The van der Waals surface area contributed by atoms with Crippen LogP contribution >= 0.6 is 23.2 Å². The highest BCUT2D eigenvalue weighted by molar-refractivity contribution is 6.35. The van der Waals surface area contributed by atoms with Crippen LogP contribution < -0.4 is 0 Å². The highest BCUT2D eigenvalue weighted by Gasteiger charge is 2.49. The van der Waals surface area contributed by atoms with Crippen molar-refractivity contribution in [3.05, 3.63) is 57.6 Å². The zero-order valence-corrected chi connectivity index (χ0v) is 22.9. The summed E-state index contributed by atoms with van der Waals surface area (Å²) in [4.78, 5) is 31.0. The number of nitrogens with zero attached hydrogens (tertiary/aromatic N) is 4. The first-order valence-electron chi connectivity index (χ1n) is 13.0. The molecule has 1 saturated carbocycles. The summed E-state index contributed by atoms with van der Waals surface area (Å²) < 4.78 is 44.4. The topological polar surface area (TPSA) is 88.3 Å². The van der Waals surface area contributed by atoms with Gasteiger partial charge in [0.15, 0.2) is 5.69 Å². The lowest BCUT2D eigenvalue weighted by atomic mass is 9.74. The van der Waals surface area contributed by atoms with Crippen LogP contribution in [0.5, 0.6) is 0 Å². The number of hydrogen-bond donors (Lipinski definition) is 1.